The highest BCUT2D eigenvalue weighted by atomic mass is 19.1. The second-order valence-electron chi connectivity index (χ2n) is 3.71. The third-order valence-electron chi connectivity index (χ3n) is 2.27. The molecule has 0 fully saturated rings. The van der Waals surface area contributed by atoms with Crippen molar-refractivity contribution >= 4 is 5.69 Å². The maximum absolute atomic E-state index is 13.1. The normalized spacial score (nSPS) is 10.4. The number of benzene rings is 1. The molecule has 0 aliphatic heterocycles. The lowest BCUT2D eigenvalue weighted by Crippen LogP contribution is -2.10. The van der Waals surface area contributed by atoms with E-state index in [1.807, 2.05) is 29.9 Å². The average molecular weight is 219 g/mol. The van der Waals surface area contributed by atoms with Crippen molar-refractivity contribution in [1.82, 2.24) is 9.78 Å². The minimum absolute atomic E-state index is 0.207. The van der Waals surface area contributed by atoms with E-state index in [2.05, 4.69) is 10.4 Å². The largest absolute Gasteiger partial charge is 0.383 e. The fourth-order valence-electron chi connectivity index (χ4n) is 1.59. The molecular weight excluding hydrogens is 205 g/mol. The maximum atomic E-state index is 13.1. The van der Waals surface area contributed by atoms with Gasteiger partial charge in [0.2, 0.25) is 0 Å². The molecule has 1 aromatic heterocycles. The number of rotatable bonds is 4. The lowest BCUT2D eigenvalue weighted by molar-refractivity contribution is 0.624. The molecule has 0 spiro atoms. The first-order chi connectivity index (χ1) is 7.74. The van der Waals surface area contributed by atoms with Crippen LogP contribution in [0.25, 0.3) is 0 Å². The van der Waals surface area contributed by atoms with Gasteiger partial charge in [-0.2, -0.15) is 5.10 Å². The highest BCUT2D eigenvalue weighted by molar-refractivity contribution is 5.45. The van der Waals surface area contributed by atoms with Gasteiger partial charge in [0.05, 0.1) is 6.54 Å². The molecule has 0 radical (unpaired) electrons. The van der Waals surface area contributed by atoms with Crippen LogP contribution in [-0.2, 0) is 6.54 Å². The Labute approximate surface area is 93.9 Å². The van der Waals surface area contributed by atoms with E-state index in [0.29, 0.717) is 0 Å². The molecule has 0 atom stereocenters. The average Bonchev–Trinajstić information content (AvgIpc) is 2.69. The molecular formula is C12H14FN3. The number of aromatic nitrogens is 2. The second kappa shape index (κ2) is 4.79. The van der Waals surface area contributed by atoms with Gasteiger partial charge in [0.15, 0.2) is 0 Å². The van der Waals surface area contributed by atoms with Crippen molar-refractivity contribution in [3.05, 3.63) is 48.0 Å². The van der Waals surface area contributed by atoms with Crippen molar-refractivity contribution in [2.45, 2.75) is 13.5 Å². The molecule has 1 aromatic carbocycles. The van der Waals surface area contributed by atoms with Gasteiger partial charge in [-0.1, -0.05) is 0 Å². The molecule has 0 unspecified atom stereocenters. The Morgan fingerprint density at radius 2 is 2.25 bits per heavy atom. The quantitative estimate of drug-likeness (QED) is 0.856. The van der Waals surface area contributed by atoms with Crippen LogP contribution >= 0.6 is 0 Å². The minimum Gasteiger partial charge on any atom is -0.383 e. The predicted octanol–water partition coefficient (Wildman–Crippen LogP) is 2.44. The fourth-order valence-corrected chi connectivity index (χ4v) is 1.59. The Bertz CT molecular complexity index is 431. The van der Waals surface area contributed by atoms with Crippen LogP contribution in [0.1, 0.15) is 5.56 Å². The zero-order valence-electron chi connectivity index (χ0n) is 9.15. The van der Waals surface area contributed by atoms with Crippen LogP contribution in [0.2, 0.25) is 0 Å². The van der Waals surface area contributed by atoms with Crippen molar-refractivity contribution < 1.29 is 4.39 Å². The molecule has 2 rings (SSSR count). The number of hydrogen-bond acceptors (Lipinski definition) is 2. The van der Waals surface area contributed by atoms with Gasteiger partial charge in [0, 0.05) is 24.6 Å². The van der Waals surface area contributed by atoms with Gasteiger partial charge < -0.3 is 5.32 Å². The van der Waals surface area contributed by atoms with Crippen molar-refractivity contribution in [3.8, 4) is 0 Å². The summed E-state index contributed by atoms with van der Waals surface area (Å²) >= 11 is 0. The minimum atomic E-state index is -0.207. The summed E-state index contributed by atoms with van der Waals surface area (Å²) in [5.41, 5.74) is 1.73. The van der Waals surface area contributed by atoms with Crippen LogP contribution in [-0.4, -0.2) is 16.3 Å². The number of halogens is 1. The Balaban J connectivity index is 1.89. The van der Waals surface area contributed by atoms with Crippen LogP contribution < -0.4 is 5.32 Å². The van der Waals surface area contributed by atoms with E-state index in [0.717, 1.165) is 24.3 Å². The van der Waals surface area contributed by atoms with Crippen molar-refractivity contribution in [1.29, 1.82) is 0 Å². The predicted molar refractivity (Wildman–Crippen MR) is 61.9 cm³/mol. The lowest BCUT2D eigenvalue weighted by Gasteiger charge is -2.07. The molecule has 0 saturated heterocycles. The van der Waals surface area contributed by atoms with E-state index >= 15 is 0 Å². The number of anilines is 1. The summed E-state index contributed by atoms with van der Waals surface area (Å²) in [4.78, 5) is 0. The molecule has 4 heteroatoms. The molecule has 0 amide bonds. The SMILES string of the molecule is Cc1cc(F)cc(NCCn2cccn2)c1. The van der Waals surface area contributed by atoms with Crippen LogP contribution in [0.3, 0.4) is 0 Å². The number of nitrogens with zero attached hydrogens (tertiary/aromatic N) is 2. The zero-order chi connectivity index (χ0) is 11.4. The third-order valence-corrected chi connectivity index (χ3v) is 2.27. The molecule has 84 valence electrons. The van der Waals surface area contributed by atoms with E-state index in [1.54, 1.807) is 6.20 Å². The molecule has 1 heterocycles. The van der Waals surface area contributed by atoms with E-state index in [-0.39, 0.29) is 5.82 Å². The standard InChI is InChI=1S/C12H14FN3/c1-10-7-11(13)9-12(8-10)14-4-6-16-5-2-3-15-16/h2-3,5,7-9,14H,4,6H2,1H3. The van der Waals surface area contributed by atoms with E-state index in [4.69, 9.17) is 0 Å². The fraction of sp³-hybridized carbons (Fsp3) is 0.250. The van der Waals surface area contributed by atoms with Gasteiger partial charge in [-0.05, 0) is 36.8 Å². The first-order valence-corrected chi connectivity index (χ1v) is 5.22. The summed E-state index contributed by atoms with van der Waals surface area (Å²) in [7, 11) is 0. The van der Waals surface area contributed by atoms with E-state index in [9.17, 15) is 4.39 Å². The van der Waals surface area contributed by atoms with Crippen LogP contribution in [0.15, 0.2) is 36.7 Å². The highest BCUT2D eigenvalue weighted by Gasteiger charge is 1.97. The summed E-state index contributed by atoms with van der Waals surface area (Å²) in [5, 5.41) is 7.25. The summed E-state index contributed by atoms with van der Waals surface area (Å²) in [6.07, 6.45) is 3.64. The van der Waals surface area contributed by atoms with Gasteiger partial charge in [-0.25, -0.2) is 4.39 Å². The van der Waals surface area contributed by atoms with Gasteiger partial charge >= 0.3 is 0 Å². The Morgan fingerprint density at radius 1 is 1.38 bits per heavy atom. The zero-order valence-corrected chi connectivity index (χ0v) is 9.15. The van der Waals surface area contributed by atoms with Gasteiger partial charge in [-0.15, -0.1) is 0 Å². The Morgan fingerprint density at radius 3 is 2.94 bits per heavy atom. The lowest BCUT2D eigenvalue weighted by atomic mass is 10.2. The van der Waals surface area contributed by atoms with E-state index < -0.39 is 0 Å². The number of hydrogen-bond donors (Lipinski definition) is 1. The molecule has 1 N–H and O–H groups in total. The Kier molecular flexibility index (Phi) is 3.19. The van der Waals surface area contributed by atoms with Crippen LogP contribution in [0.4, 0.5) is 10.1 Å². The first kappa shape index (κ1) is 10.7. The third kappa shape index (κ3) is 2.82. The Hall–Kier alpha value is -1.84. The molecule has 2 aromatic rings. The molecule has 0 saturated carbocycles. The number of nitrogens with one attached hydrogen (secondary N) is 1. The summed E-state index contributed by atoms with van der Waals surface area (Å²) in [5.74, 6) is -0.207. The summed E-state index contributed by atoms with van der Waals surface area (Å²) in [6, 6.07) is 6.81. The molecule has 0 aliphatic carbocycles. The van der Waals surface area contributed by atoms with Crippen LogP contribution in [0.5, 0.6) is 0 Å². The van der Waals surface area contributed by atoms with Gasteiger partial charge in [0.1, 0.15) is 5.82 Å². The second-order valence-corrected chi connectivity index (χ2v) is 3.71. The summed E-state index contributed by atoms with van der Waals surface area (Å²) in [6.45, 7) is 3.37. The first-order valence-electron chi connectivity index (χ1n) is 5.22. The smallest absolute Gasteiger partial charge is 0.125 e. The molecule has 16 heavy (non-hydrogen) atoms. The topological polar surface area (TPSA) is 29.9 Å². The molecule has 3 nitrogen and oxygen atoms in total. The summed E-state index contributed by atoms with van der Waals surface area (Å²) < 4.78 is 14.9. The van der Waals surface area contributed by atoms with Crippen LogP contribution in [0, 0.1) is 12.7 Å². The monoisotopic (exact) mass is 219 g/mol. The highest BCUT2D eigenvalue weighted by Crippen LogP contribution is 2.12. The number of aryl methyl sites for hydroxylation is 1. The van der Waals surface area contributed by atoms with Crippen molar-refractivity contribution in [3.63, 3.8) is 0 Å². The van der Waals surface area contributed by atoms with Gasteiger partial charge in [0.25, 0.3) is 0 Å². The van der Waals surface area contributed by atoms with Crippen molar-refractivity contribution in [2.75, 3.05) is 11.9 Å². The van der Waals surface area contributed by atoms with Gasteiger partial charge in [-0.3, -0.25) is 4.68 Å². The maximum Gasteiger partial charge on any atom is 0.125 e. The molecule has 0 bridgehead atoms. The van der Waals surface area contributed by atoms with Crippen molar-refractivity contribution in [2.24, 2.45) is 0 Å². The molecule has 0 aliphatic rings. The van der Waals surface area contributed by atoms with E-state index in [1.165, 1.54) is 12.1 Å².